The molecule has 0 aromatic heterocycles. The molecule has 2 atom stereocenters. The Labute approximate surface area is 89.9 Å². The van der Waals surface area contributed by atoms with Crippen molar-refractivity contribution >= 4 is 0 Å². The van der Waals surface area contributed by atoms with Crippen LogP contribution >= 0.6 is 0 Å². The van der Waals surface area contributed by atoms with Gasteiger partial charge in [-0.1, -0.05) is 34.6 Å². The van der Waals surface area contributed by atoms with Crippen molar-refractivity contribution < 1.29 is 0 Å². The molecule has 0 aliphatic heterocycles. The lowest BCUT2D eigenvalue weighted by Crippen LogP contribution is -2.50. The van der Waals surface area contributed by atoms with Gasteiger partial charge in [-0.25, -0.2) is 0 Å². The van der Waals surface area contributed by atoms with Gasteiger partial charge in [0.05, 0.1) is 0 Å². The van der Waals surface area contributed by atoms with E-state index in [1.807, 2.05) is 0 Å². The fourth-order valence-electron chi connectivity index (χ4n) is 1.81. The van der Waals surface area contributed by atoms with Crippen LogP contribution in [-0.4, -0.2) is 30.6 Å². The van der Waals surface area contributed by atoms with E-state index < -0.39 is 0 Å². The van der Waals surface area contributed by atoms with Crippen molar-refractivity contribution in [2.75, 3.05) is 13.6 Å². The van der Waals surface area contributed by atoms with Crippen LogP contribution in [-0.2, 0) is 0 Å². The molecule has 0 heterocycles. The van der Waals surface area contributed by atoms with Gasteiger partial charge in [0.25, 0.3) is 0 Å². The second kappa shape index (κ2) is 5.13. The van der Waals surface area contributed by atoms with E-state index in [-0.39, 0.29) is 0 Å². The van der Waals surface area contributed by atoms with Gasteiger partial charge in [0.15, 0.2) is 0 Å². The zero-order chi connectivity index (χ0) is 11.5. The Morgan fingerprint density at radius 2 is 1.57 bits per heavy atom. The highest BCUT2D eigenvalue weighted by Gasteiger charge is 2.29. The predicted octanol–water partition coefficient (Wildman–Crippen LogP) is 2.34. The van der Waals surface area contributed by atoms with Gasteiger partial charge in [-0.3, -0.25) is 4.90 Å². The highest BCUT2D eigenvalue weighted by atomic mass is 15.2. The summed E-state index contributed by atoms with van der Waals surface area (Å²) in [5.41, 5.74) is 6.13. The van der Waals surface area contributed by atoms with Gasteiger partial charge in [-0.2, -0.15) is 0 Å². The fourth-order valence-corrected chi connectivity index (χ4v) is 1.81. The Balaban J connectivity index is 4.50. The number of likely N-dealkylation sites (N-methyl/N-ethyl adjacent to an activating group) is 1. The molecular formula is C12H28N2. The summed E-state index contributed by atoms with van der Waals surface area (Å²) in [6, 6.07) is 1.04. The normalized spacial score (nSPS) is 17.6. The minimum absolute atomic E-state index is 0.317. The van der Waals surface area contributed by atoms with Crippen LogP contribution in [0.25, 0.3) is 0 Å². The third-order valence-electron chi connectivity index (χ3n) is 3.40. The van der Waals surface area contributed by atoms with Gasteiger partial charge in [0.2, 0.25) is 0 Å². The SMILES string of the molecule is CC(C)C(CN)N(C)C(C)C(C)(C)C. The molecule has 0 aliphatic carbocycles. The van der Waals surface area contributed by atoms with Gasteiger partial charge in [0, 0.05) is 18.6 Å². The first-order valence-electron chi connectivity index (χ1n) is 5.63. The first-order chi connectivity index (χ1) is 6.21. The molecule has 0 radical (unpaired) electrons. The van der Waals surface area contributed by atoms with Crippen LogP contribution in [0.1, 0.15) is 41.5 Å². The number of hydrogen-bond acceptors (Lipinski definition) is 2. The summed E-state index contributed by atoms with van der Waals surface area (Å²) in [6.07, 6.45) is 0. The summed E-state index contributed by atoms with van der Waals surface area (Å²) in [6.45, 7) is 14.3. The Kier molecular flexibility index (Phi) is 5.10. The van der Waals surface area contributed by atoms with Crippen LogP contribution in [0.15, 0.2) is 0 Å². The van der Waals surface area contributed by atoms with Crippen molar-refractivity contribution in [3.8, 4) is 0 Å². The van der Waals surface area contributed by atoms with Gasteiger partial charge in [-0.15, -0.1) is 0 Å². The number of hydrogen-bond donors (Lipinski definition) is 1. The van der Waals surface area contributed by atoms with Gasteiger partial charge >= 0.3 is 0 Å². The van der Waals surface area contributed by atoms with Crippen molar-refractivity contribution in [1.82, 2.24) is 4.90 Å². The third kappa shape index (κ3) is 3.58. The monoisotopic (exact) mass is 200 g/mol. The van der Waals surface area contributed by atoms with Crippen molar-refractivity contribution in [2.24, 2.45) is 17.1 Å². The van der Waals surface area contributed by atoms with E-state index in [0.29, 0.717) is 23.4 Å². The molecular weight excluding hydrogens is 172 g/mol. The van der Waals surface area contributed by atoms with E-state index in [0.717, 1.165) is 6.54 Å². The maximum Gasteiger partial charge on any atom is 0.0241 e. The Morgan fingerprint density at radius 3 is 1.79 bits per heavy atom. The molecule has 86 valence electrons. The van der Waals surface area contributed by atoms with Gasteiger partial charge < -0.3 is 5.73 Å². The highest BCUT2D eigenvalue weighted by molar-refractivity contribution is 4.83. The van der Waals surface area contributed by atoms with Crippen LogP contribution < -0.4 is 5.73 Å². The summed E-state index contributed by atoms with van der Waals surface area (Å²) in [5, 5.41) is 0. The van der Waals surface area contributed by atoms with Crippen LogP contribution in [0, 0.1) is 11.3 Å². The van der Waals surface area contributed by atoms with Crippen LogP contribution in [0.4, 0.5) is 0 Å². The molecule has 14 heavy (non-hydrogen) atoms. The Bertz CT molecular complexity index is 156. The quantitative estimate of drug-likeness (QED) is 0.755. The summed E-state index contributed by atoms with van der Waals surface area (Å²) in [5.74, 6) is 0.620. The molecule has 0 aromatic rings. The Morgan fingerprint density at radius 1 is 1.14 bits per heavy atom. The molecule has 2 N–H and O–H groups in total. The zero-order valence-corrected chi connectivity index (χ0v) is 11.0. The van der Waals surface area contributed by atoms with E-state index in [2.05, 4.69) is 53.5 Å². The lowest BCUT2D eigenvalue weighted by Gasteiger charge is -2.41. The first kappa shape index (κ1) is 13.9. The summed E-state index contributed by atoms with van der Waals surface area (Å²) >= 11 is 0. The minimum atomic E-state index is 0.317. The number of nitrogens with zero attached hydrogens (tertiary/aromatic N) is 1. The molecule has 0 amide bonds. The predicted molar refractivity (Wildman–Crippen MR) is 64.4 cm³/mol. The molecule has 0 saturated heterocycles. The second-order valence-electron chi connectivity index (χ2n) is 5.75. The molecule has 0 aliphatic rings. The third-order valence-corrected chi connectivity index (χ3v) is 3.40. The Hall–Kier alpha value is -0.0800. The summed E-state index contributed by atoms with van der Waals surface area (Å²) in [4.78, 5) is 2.42. The number of nitrogens with two attached hydrogens (primary N) is 1. The smallest absolute Gasteiger partial charge is 0.0241 e. The van der Waals surface area contributed by atoms with Crippen molar-refractivity contribution in [2.45, 2.75) is 53.6 Å². The average Bonchev–Trinajstić information content (AvgIpc) is 2.01. The molecule has 0 saturated carbocycles. The zero-order valence-electron chi connectivity index (χ0n) is 11.0. The molecule has 2 unspecified atom stereocenters. The highest BCUT2D eigenvalue weighted by Crippen LogP contribution is 2.25. The summed E-state index contributed by atoms with van der Waals surface area (Å²) < 4.78 is 0. The number of rotatable bonds is 4. The summed E-state index contributed by atoms with van der Waals surface area (Å²) in [7, 11) is 2.19. The molecule has 0 rings (SSSR count). The molecule has 0 aromatic carbocycles. The van der Waals surface area contributed by atoms with Crippen molar-refractivity contribution in [3.63, 3.8) is 0 Å². The molecule has 2 nitrogen and oxygen atoms in total. The maximum absolute atomic E-state index is 5.81. The van der Waals surface area contributed by atoms with Crippen LogP contribution in [0.2, 0.25) is 0 Å². The second-order valence-corrected chi connectivity index (χ2v) is 5.75. The van der Waals surface area contributed by atoms with Gasteiger partial charge in [-0.05, 0) is 25.3 Å². The lowest BCUT2D eigenvalue weighted by atomic mass is 9.85. The molecule has 0 fully saturated rings. The molecule has 2 heteroatoms. The van der Waals surface area contributed by atoms with Gasteiger partial charge in [0.1, 0.15) is 0 Å². The molecule has 0 spiro atoms. The first-order valence-corrected chi connectivity index (χ1v) is 5.63. The lowest BCUT2D eigenvalue weighted by molar-refractivity contribution is 0.0789. The van der Waals surface area contributed by atoms with E-state index in [1.165, 1.54) is 0 Å². The van der Waals surface area contributed by atoms with Crippen LogP contribution in [0.3, 0.4) is 0 Å². The van der Waals surface area contributed by atoms with Crippen LogP contribution in [0.5, 0.6) is 0 Å². The topological polar surface area (TPSA) is 29.3 Å². The molecule has 0 bridgehead atoms. The fraction of sp³-hybridized carbons (Fsp3) is 1.00. The standard InChI is InChI=1S/C12H28N2/c1-9(2)11(8-13)14(7)10(3)12(4,5)6/h9-11H,8,13H2,1-7H3. The van der Waals surface area contributed by atoms with Crippen molar-refractivity contribution in [1.29, 1.82) is 0 Å². The average molecular weight is 200 g/mol. The maximum atomic E-state index is 5.81. The minimum Gasteiger partial charge on any atom is -0.329 e. The van der Waals surface area contributed by atoms with E-state index in [4.69, 9.17) is 5.73 Å². The van der Waals surface area contributed by atoms with E-state index in [9.17, 15) is 0 Å². The van der Waals surface area contributed by atoms with Crippen molar-refractivity contribution in [3.05, 3.63) is 0 Å². The van der Waals surface area contributed by atoms with E-state index in [1.54, 1.807) is 0 Å². The largest absolute Gasteiger partial charge is 0.329 e. The van der Waals surface area contributed by atoms with E-state index >= 15 is 0 Å².